The van der Waals surface area contributed by atoms with E-state index in [9.17, 15) is 0 Å². The van der Waals surface area contributed by atoms with Gasteiger partial charge in [0, 0.05) is 12.7 Å². The summed E-state index contributed by atoms with van der Waals surface area (Å²) < 4.78 is 5.90. The highest BCUT2D eigenvalue weighted by Crippen LogP contribution is 2.23. The van der Waals surface area contributed by atoms with Crippen LogP contribution in [0.5, 0.6) is 5.75 Å². The molecule has 0 radical (unpaired) electrons. The summed E-state index contributed by atoms with van der Waals surface area (Å²) in [4.78, 5) is 2.12. The average Bonchev–Trinajstić information content (AvgIpc) is 2.79. The first-order chi connectivity index (χ1) is 14.6. The van der Waals surface area contributed by atoms with Gasteiger partial charge in [0.25, 0.3) is 0 Å². The van der Waals surface area contributed by atoms with Crippen LogP contribution < -0.4 is 9.64 Å². The third-order valence-corrected chi connectivity index (χ3v) is 4.89. The number of likely N-dealkylation sites (N-methyl/N-ethyl adjacent to an activating group) is 1. The van der Waals surface area contributed by atoms with Gasteiger partial charge >= 0.3 is 0 Å². The van der Waals surface area contributed by atoms with Crippen LogP contribution in [0.2, 0.25) is 0 Å². The van der Waals surface area contributed by atoms with E-state index in [1.54, 1.807) is 6.08 Å². The second kappa shape index (κ2) is 9.96. The van der Waals surface area contributed by atoms with Gasteiger partial charge in [-0.15, -0.1) is 0 Å². The van der Waals surface area contributed by atoms with E-state index in [1.165, 1.54) is 11.1 Å². The molecule has 0 saturated heterocycles. The molecule has 148 valence electrons. The van der Waals surface area contributed by atoms with E-state index >= 15 is 0 Å². The molecule has 0 amide bonds. The molecule has 3 aromatic carbocycles. The third-order valence-electron chi connectivity index (χ3n) is 4.89. The molecule has 30 heavy (non-hydrogen) atoms. The Morgan fingerprint density at radius 1 is 0.933 bits per heavy atom. The Morgan fingerprint density at radius 3 is 2.23 bits per heavy atom. The molecule has 0 bridgehead atoms. The predicted octanol–water partition coefficient (Wildman–Crippen LogP) is 5.61. The van der Waals surface area contributed by atoms with Crippen LogP contribution in [0.25, 0.3) is 17.2 Å². The Bertz CT molecular complexity index is 1090. The first-order valence-electron chi connectivity index (χ1n) is 9.72. The van der Waals surface area contributed by atoms with Gasteiger partial charge in [0.2, 0.25) is 0 Å². The van der Waals surface area contributed by atoms with Gasteiger partial charge in [-0.05, 0) is 59.5 Å². The van der Waals surface area contributed by atoms with Crippen molar-refractivity contribution < 1.29 is 4.74 Å². The Hall–Kier alpha value is -4.02. The van der Waals surface area contributed by atoms with Gasteiger partial charge in [-0.1, -0.05) is 48.5 Å². The highest BCUT2D eigenvalue weighted by Gasteiger charge is 2.05. The molecule has 3 aromatic rings. The van der Waals surface area contributed by atoms with E-state index in [-0.39, 0.29) is 5.57 Å². The average molecular weight is 393 g/mol. The number of nitriles is 2. The molecule has 0 heterocycles. The minimum Gasteiger partial charge on any atom is -0.492 e. The van der Waals surface area contributed by atoms with Crippen LogP contribution in [0.3, 0.4) is 0 Å². The zero-order valence-electron chi connectivity index (χ0n) is 17.2. The molecule has 0 aliphatic heterocycles. The van der Waals surface area contributed by atoms with Gasteiger partial charge in [0.1, 0.15) is 30.1 Å². The Labute approximate surface area is 177 Å². The van der Waals surface area contributed by atoms with E-state index in [0.29, 0.717) is 6.61 Å². The monoisotopic (exact) mass is 393 g/mol. The van der Waals surface area contributed by atoms with Gasteiger partial charge in [0.05, 0.1) is 6.54 Å². The minimum absolute atomic E-state index is 0.103. The zero-order chi connectivity index (χ0) is 21.3. The number of hydrogen-bond donors (Lipinski definition) is 0. The van der Waals surface area contributed by atoms with Crippen molar-refractivity contribution in [2.75, 3.05) is 25.1 Å². The lowest BCUT2D eigenvalue weighted by atomic mass is 10.1. The Kier molecular flexibility index (Phi) is 6.87. The fourth-order valence-electron chi connectivity index (χ4n) is 3.11. The summed E-state index contributed by atoms with van der Waals surface area (Å²) >= 11 is 0. The van der Waals surface area contributed by atoms with Gasteiger partial charge < -0.3 is 9.64 Å². The van der Waals surface area contributed by atoms with Crippen LogP contribution in [0, 0.1) is 29.6 Å². The van der Waals surface area contributed by atoms with E-state index < -0.39 is 0 Å². The Morgan fingerprint density at radius 2 is 1.60 bits per heavy atom. The first-order valence-corrected chi connectivity index (χ1v) is 9.72. The smallest absolute Gasteiger partial charge is 0.130 e. The number of nitrogens with zero attached hydrogens (tertiary/aromatic N) is 3. The third kappa shape index (κ3) is 5.28. The maximum Gasteiger partial charge on any atom is 0.130 e. The van der Waals surface area contributed by atoms with Crippen LogP contribution >= 0.6 is 0 Å². The molecule has 0 N–H and O–H groups in total. The SMILES string of the molecule is Cc1cc(N(C)CCOc2ccc(-c3ccccc3)cc2)ccc1C=C(C#N)C#N. The molecular weight excluding hydrogens is 370 g/mol. The lowest BCUT2D eigenvalue weighted by Gasteiger charge is -2.20. The molecule has 4 nitrogen and oxygen atoms in total. The number of ether oxygens (including phenoxy) is 1. The maximum absolute atomic E-state index is 8.92. The predicted molar refractivity (Wildman–Crippen MR) is 121 cm³/mol. The van der Waals surface area contributed by atoms with Crippen molar-refractivity contribution in [2.24, 2.45) is 0 Å². The number of hydrogen-bond acceptors (Lipinski definition) is 4. The summed E-state index contributed by atoms with van der Waals surface area (Å²) in [6.45, 7) is 3.27. The standard InChI is InChI=1S/C26H23N3O/c1-20-16-25(11-8-24(20)17-21(18-27)19-28)29(2)14-15-30-26-12-9-23(10-13-26)22-6-4-3-5-7-22/h3-13,16-17H,14-15H2,1-2H3. The maximum atomic E-state index is 8.92. The number of benzene rings is 3. The number of aryl methyl sites for hydroxylation is 1. The highest BCUT2D eigenvalue weighted by molar-refractivity contribution is 5.67. The van der Waals surface area contributed by atoms with Crippen molar-refractivity contribution in [2.45, 2.75) is 6.92 Å². The lowest BCUT2D eigenvalue weighted by Crippen LogP contribution is -2.23. The van der Waals surface area contributed by atoms with Crippen molar-refractivity contribution >= 4 is 11.8 Å². The number of rotatable bonds is 7. The second-order valence-corrected chi connectivity index (χ2v) is 6.98. The van der Waals surface area contributed by atoms with Crippen molar-refractivity contribution in [3.05, 3.63) is 89.5 Å². The highest BCUT2D eigenvalue weighted by atomic mass is 16.5. The van der Waals surface area contributed by atoms with Crippen LogP contribution in [-0.2, 0) is 0 Å². The van der Waals surface area contributed by atoms with E-state index in [4.69, 9.17) is 15.3 Å². The lowest BCUT2D eigenvalue weighted by molar-refractivity contribution is 0.326. The number of allylic oxidation sites excluding steroid dienone is 1. The molecular formula is C26H23N3O. The first kappa shape index (κ1) is 20.7. The van der Waals surface area contributed by atoms with Crippen molar-refractivity contribution in [3.63, 3.8) is 0 Å². The van der Waals surface area contributed by atoms with Gasteiger partial charge in [-0.2, -0.15) is 10.5 Å². The van der Waals surface area contributed by atoms with Gasteiger partial charge in [-0.3, -0.25) is 0 Å². The summed E-state index contributed by atoms with van der Waals surface area (Å²) in [5.41, 5.74) is 5.41. The van der Waals surface area contributed by atoms with Crippen molar-refractivity contribution in [3.8, 4) is 29.0 Å². The van der Waals surface area contributed by atoms with Crippen LogP contribution in [0.1, 0.15) is 11.1 Å². The minimum atomic E-state index is 0.103. The summed E-state index contributed by atoms with van der Waals surface area (Å²) in [5, 5.41) is 17.8. The van der Waals surface area contributed by atoms with Crippen molar-refractivity contribution in [1.29, 1.82) is 10.5 Å². The summed E-state index contributed by atoms with van der Waals surface area (Å²) in [6.07, 6.45) is 1.61. The van der Waals surface area contributed by atoms with Gasteiger partial charge in [-0.25, -0.2) is 0 Å². The zero-order valence-corrected chi connectivity index (χ0v) is 17.2. The molecule has 0 saturated carbocycles. The molecule has 0 unspecified atom stereocenters. The molecule has 0 spiro atoms. The molecule has 0 fully saturated rings. The fourth-order valence-corrected chi connectivity index (χ4v) is 3.11. The molecule has 0 aliphatic carbocycles. The van der Waals surface area contributed by atoms with E-state index in [0.717, 1.165) is 29.1 Å². The molecule has 0 atom stereocenters. The molecule has 4 heteroatoms. The Balaban J connectivity index is 1.56. The van der Waals surface area contributed by atoms with Crippen LogP contribution in [0.15, 0.2) is 78.4 Å². The normalized spacial score (nSPS) is 9.87. The topological polar surface area (TPSA) is 60.0 Å². The fraction of sp³-hybridized carbons (Fsp3) is 0.154. The van der Waals surface area contributed by atoms with Crippen LogP contribution in [0.4, 0.5) is 5.69 Å². The quantitative estimate of drug-likeness (QED) is 0.490. The molecule has 3 rings (SSSR count). The summed E-state index contributed by atoms with van der Waals surface area (Å²) in [7, 11) is 2.02. The van der Waals surface area contributed by atoms with E-state index in [2.05, 4.69) is 29.2 Å². The molecule has 0 aliphatic rings. The van der Waals surface area contributed by atoms with Crippen molar-refractivity contribution in [1.82, 2.24) is 0 Å². The summed E-state index contributed by atoms with van der Waals surface area (Å²) in [6, 6.07) is 28.1. The largest absolute Gasteiger partial charge is 0.492 e. The molecule has 0 aromatic heterocycles. The van der Waals surface area contributed by atoms with E-state index in [1.807, 2.05) is 74.6 Å². The van der Waals surface area contributed by atoms with Crippen LogP contribution in [-0.4, -0.2) is 20.2 Å². The second-order valence-electron chi connectivity index (χ2n) is 6.98. The van der Waals surface area contributed by atoms with Gasteiger partial charge in [0.15, 0.2) is 0 Å². The number of anilines is 1. The summed E-state index contributed by atoms with van der Waals surface area (Å²) in [5.74, 6) is 0.847.